The minimum Gasteiger partial charge on any atom is -0.388 e. The van der Waals surface area contributed by atoms with Gasteiger partial charge in [0.15, 0.2) is 0 Å². The number of rotatable bonds is 3. The van der Waals surface area contributed by atoms with Crippen molar-refractivity contribution in [3.05, 3.63) is 35.6 Å². The average Bonchev–Trinajstić information content (AvgIpc) is 1.98. The van der Waals surface area contributed by atoms with Gasteiger partial charge in [-0.05, 0) is 32.4 Å². The molecule has 0 atom stereocenters. The molecule has 0 saturated heterocycles. The fourth-order valence-corrected chi connectivity index (χ4v) is 0.782. The van der Waals surface area contributed by atoms with Gasteiger partial charge in [-0.15, -0.1) is 0 Å². The summed E-state index contributed by atoms with van der Waals surface area (Å²) in [5.41, 5.74) is 3.60. The zero-order chi connectivity index (χ0) is 8.85. The first-order chi connectivity index (χ1) is 5.11. The maximum atomic E-state index is 3.71. The molecule has 0 aliphatic heterocycles. The molecule has 0 aliphatic carbocycles. The fourth-order valence-electron chi connectivity index (χ4n) is 0.782. The van der Waals surface area contributed by atoms with Gasteiger partial charge in [-0.2, -0.15) is 0 Å². The van der Waals surface area contributed by atoms with Crippen molar-refractivity contribution in [2.45, 2.75) is 20.8 Å². The van der Waals surface area contributed by atoms with Crippen molar-refractivity contribution in [2.24, 2.45) is 0 Å². The summed E-state index contributed by atoms with van der Waals surface area (Å²) in [6.07, 6.45) is 3.96. The topological polar surface area (TPSA) is 12.0 Å². The van der Waals surface area contributed by atoms with Crippen LogP contribution in [0, 0.1) is 0 Å². The fraction of sp³-hybridized carbons (Fsp3) is 0.400. The maximum Gasteiger partial charge on any atom is 0.0366 e. The van der Waals surface area contributed by atoms with Crippen molar-refractivity contribution in [3.8, 4) is 0 Å². The standard InChI is InChI=1S/C10H17N/c1-6-9(4)10(11-5)7-8(2)3/h6-7,11H,1H2,2-5H3/b10-9+. The van der Waals surface area contributed by atoms with E-state index in [-0.39, 0.29) is 0 Å². The van der Waals surface area contributed by atoms with E-state index in [9.17, 15) is 0 Å². The highest BCUT2D eigenvalue weighted by Crippen LogP contribution is 2.05. The molecule has 0 aromatic carbocycles. The molecule has 0 saturated carbocycles. The summed E-state index contributed by atoms with van der Waals surface area (Å²) >= 11 is 0. The van der Waals surface area contributed by atoms with Crippen LogP contribution in [0.25, 0.3) is 0 Å². The van der Waals surface area contributed by atoms with Crippen LogP contribution in [-0.4, -0.2) is 7.05 Å². The Bertz CT molecular complexity index is 193. The van der Waals surface area contributed by atoms with E-state index in [1.165, 1.54) is 11.1 Å². The predicted molar refractivity (Wildman–Crippen MR) is 51.4 cm³/mol. The SMILES string of the molecule is C=C/C(C)=C(\C=C(C)C)NC. The number of likely N-dealkylation sites (N-methyl/N-ethyl adjacent to an activating group) is 1. The van der Waals surface area contributed by atoms with Crippen molar-refractivity contribution >= 4 is 0 Å². The van der Waals surface area contributed by atoms with E-state index in [4.69, 9.17) is 0 Å². The van der Waals surface area contributed by atoms with Crippen LogP contribution in [-0.2, 0) is 0 Å². The molecule has 0 spiro atoms. The maximum absolute atomic E-state index is 3.71. The first-order valence-electron chi connectivity index (χ1n) is 3.77. The zero-order valence-corrected chi connectivity index (χ0v) is 7.86. The molecule has 0 aliphatic rings. The molecule has 0 fully saturated rings. The third kappa shape index (κ3) is 3.66. The minimum absolute atomic E-state index is 1.14. The molecule has 11 heavy (non-hydrogen) atoms. The van der Waals surface area contributed by atoms with Crippen molar-refractivity contribution in [1.82, 2.24) is 5.32 Å². The largest absolute Gasteiger partial charge is 0.388 e. The third-order valence-electron chi connectivity index (χ3n) is 1.43. The van der Waals surface area contributed by atoms with Gasteiger partial charge in [0.05, 0.1) is 0 Å². The molecule has 1 N–H and O–H groups in total. The smallest absolute Gasteiger partial charge is 0.0366 e. The number of hydrogen-bond donors (Lipinski definition) is 1. The van der Waals surface area contributed by atoms with Crippen LogP contribution in [0.4, 0.5) is 0 Å². The monoisotopic (exact) mass is 151 g/mol. The van der Waals surface area contributed by atoms with E-state index in [2.05, 4.69) is 31.8 Å². The molecule has 0 rings (SSSR count). The highest BCUT2D eigenvalue weighted by Gasteiger charge is 1.91. The molecule has 0 heterocycles. The first kappa shape index (κ1) is 10.0. The second kappa shape index (κ2) is 4.78. The van der Waals surface area contributed by atoms with E-state index in [1.807, 2.05) is 20.0 Å². The molecule has 0 aromatic rings. The highest BCUT2D eigenvalue weighted by molar-refractivity contribution is 5.30. The molecule has 0 aromatic heterocycles. The van der Waals surface area contributed by atoms with Crippen LogP contribution in [0.2, 0.25) is 0 Å². The van der Waals surface area contributed by atoms with E-state index < -0.39 is 0 Å². The Morgan fingerprint density at radius 2 is 1.82 bits per heavy atom. The van der Waals surface area contributed by atoms with Gasteiger partial charge < -0.3 is 5.32 Å². The minimum atomic E-state index is 1.14. The third-order valence-corrected chi connectivity index (χ3v) is 1.43. The molecular weight excluding hydrogens is 134 g/mol. The lowest BCUT2D eigenvalue weighted by molar-refractivity contribution is 1.00. The summed E-state index contributed by atoms with van der Waals surface area (Å²) in [5.74, 6) is 0. The van der Waals surface area contributed by atoms with Crippen molar-refractivity contribution in [2.75, 3.05) is 7.05 Å². The van der Waals surface area contributed by atoms with Crippen LogP contribution >= 0.6 is 0 Å². The molecule has 1 heteroatoms. The van der Waals surface area contributed by atoms with Gasteiger partial charge in [0.25, 0.3) is 0 Å². The van der Waals surface area contributed by atoms with Gasteiger partial charge >= 0.3 is 0 Å². The predicted octanol–water partition coefficient (Wildman–Crippen LogP) is 2.63. The van der Waals surface area contributed by atoms with Gasteiger partial charge in [-0.3, -0.25) is 0 Å². The lowest BCUT2D eigenvalue weighted by Crippen LogP contribution is -2.05. The van der Waals surface area contributed by atoms with E-state index in [1.54, 1.807) is 0 Å². The first-order valence-corrected chi connectivity index (χ1v) is 3.77. The molecule has 1 nitrogen and oxygen atoms in total. The summed E-state index contributed by atoms with van der Waals surface area (Å²) in [7, 11) is 1.92. The zero-order valence-electron chi connectivity index (χ0n) is 7.86. The second-order valence-corrected chi connectivity index (χ2v) is 2.77. The second-order valence-electron chi connectivity index (χ2n) is 2.77. The number of nitrogens with one attached hydrogen (secondary N) is 1. The van der Waals surface area contributed by atoms with Crippen LogP contribution in [0.3, 0.4) is 0 Å². The molecule has 0 amide bonds. The Morgan fingerprint density at radius 3 is 2.09 bits per heavy atom. The Morgan fingerprint density at radius 1 is 1.27 bits per heavy atom. The van der Waals surface area contributed by atoms with Crippen LogP contribution in [0.15, 0.2) is 35.6 Å². The lowest BCUT2D eigenvalue weighted by Gasteiger charge is -2.04. The quantitative estimate of drug-likeness (QED) is 0.611. The Balaban J connectivity index is 4.66. The van der Waals surface area contributed by atoms with Crippen LogP contribution < -0.4 is 5.32 Å². The van der Waals surface area contributed by atoms with Crippen molar-refractivity contribution in [1.29, 1.82) is 0 Å². The molecule has 62 valence electrons. The average molecular weight is 151 g/mol. The van der Waals surface area contributed by atoms with Gasteiger partial charge in [0.2, 0.25) is 0 Å². The van der Waals surface area contributed by atoms with E-state index in [0.29, 0.717) is 0 Å². The van der Waals surface area contributed by atoms with E-state index >= 15 is 0 Å². The molecule has 0 radical (unpaired) electrons. The van der Waals surface area contributed by atoms with Crippen LogP contribution in [0.5, 0.6) is 0 Å². The Kier molecular flexibility index (Phi) is 4.35. The van der Waals surface area contributed by atoms with Crippen molar-refractivity contribution in [3.63, 3.8) is 0 Å². The Hall–Kier alpha value is -0.980. The number of allylic oxidation sites excluding steroid dienone is 4. The van der Waals surface area contributed by atoms with Gasteiger partial charge in [-0.1, -0.05) is 18.2 Å². The summed E-state index contributed by atoms with van der Waals surface area (Å²) in [6, 6.07) is 0. The van der Waals surface area contributed by atoms with Crippen molar-refractivity contribution < 1.29 is 0 Å². The summed E-state index contributed by atoms with van der Waals surface area (Å²) in [6.45, 7) is 9.90. The van der Waals surface area contributed by atoms with Gasteiger partial charge in [0, 0.05) is 12.7 Å². The summed E-state index contributed by atoms with van der Waals surface area (Å²) in [5, 5.41) is 3.12. The molecule has 0 unspecified atom stereocenters. The molecule has 0 bridgehead atoms. The normalized spacial score (nSPS) is 11.6. The summed E-state index contributed by atoms with van der Waals surface area (Å²) < 4.78 is 0. The van der Waals surface area contributed by atoms with Gasteiger partial charge in [0.1, 0.15) is 0 Å². The number of hydrogen-bond acceptors (Lipinski definition) is 1. The van der Waals surface area contributed by atoms with Gasteiger partial charge in [-0.25, -0.2) is 0 Å². The van der Waals surface area contributed by atoms with Crippen LogP contribution in [0.1, 0.15) is 20.8 Å². The Labute approximate surface area is 69.5 Å². The highest BCUT2D eigenvalue weighted by atomic mass is 14.8. The molecular formula is C10H17N. The summed E-state index contributed by atoms with van der Waals surface area (Å²) in [4.78, 5) is 0. The van der Waals surface area contributed by atoms with E-state index in [0.717, 1.165) is 5.70 Å². The lowest BCUT2D eigenvalue weighted by atomic mass is 10.2.